The number of methoxy groups -OCH3 is 2. The van der Waals surface area contributed by atoms with Gasteiger partial charge in [-0.3, -0.25) is 9.69 Å². The average molecular weight is 456 g/mol. The maximum atomic E-state index is 13.4. The minimum Gasteiger partial charge on any atom is -0.497 e. The Hall–Kier alpha value is -4.26. The lowest BCUT2D eigenvalue weighted by Gasteiger charge is -2.24. The van der Waals surface area contributed by atoms with Crippen molar-refractivity contribution in [3.63, 3.8) is 0 Å². The molecule has 1 N–H and O–H groups in total. The summed E-state index contributed by atoms with van der Waals surface area (Å²) in [5.41, 5.74) is 4.67. The predicted octanol–water partition coefficient (Wildman–Crippen LogP) is 4.81. The summed E-state index contributed by atoms with van der Waals surface area (Å²) in [5.74, 6) is 0.215. The van der Waals surface area contributed by atoms with E-state index in [1.165, 1.54) is 0 Å². The van der Waals surface area contributed by atoms with Gasteiger partial charge < -0.3 is 19.2 Å². The number of carbonyl (C=O) groups is 2. The molecule has 2 heterocycles. The van der Waals surface area contributed by atoms with E-state index in [9.17, 15) is 9.59 Å². The first-order valence-electron chi connectivity index (χ1n) is 11.0. The third-order valence-electron chi connectivity index (χ3n) is 6.05. The number of ether oxygens (including phenoxy) is 3. The summed E-state index contributed by atoms with van der Waals surface area (Å²) in [6, 6.07) is 20.8. The molecular weight excluding hydrogens is 432 g/mol. The Balaban J connectivity index is 1.40. The Bertz CT molecular complexity index is 1340. The van der Waals surface area contributed by atoms with Crippen molar-refractivity contribution >= 4 is 34.2 Å². The smallest absolute Gasteiger partial charge is 0.355 e. The summed E-state index contributed by atoms with van der Waals surface area (Å²) in [6.45, 7) is -0.392. The van der Waals surface area contributed by atoms with Crippen LogP contribution in [0.1, 0.15) is 21.6 Å². The standard InChI is InChI=1S/C27H24N2O5/c1-32-20-13-19-14-21(28-26(19)24(15-20)33-2)27(31)34-16-25(30)29-22-9-5-3-7-17(22)11-12-18-8-4-6-10-23(18)29/h3-10,13-15,28H,11-12,16H2,1-2H3. The second kappa shape index (κ2) is 8.94. The van der Waals surface area contributed by atoms with Gasteiger partial charge in [0.25, 0.3) is 5.91 Å². The molecule has 7 nitrogen and oxygen atoms in total. The molecule has 0 fully saturated rings. The van der Waals surface area contributed by atoms with Crippen molar-refractivity contribution in [3.8, 4) is 11.5 Å². The largest absolute Gasteiger partial charge is 0.497 e. The second-order valence-electron chi connectivity index (χ2n) is 8.04. The fourth-order valence-electron chi connectivity index (χ4n) is 4.39. The van der Waals surface area contributed by atoms with E-state index in [1.807, 2.05) is 48.5 Å². The second-order valence-corrected chi connectivity index (χ2v) is 8.04. The molecule has 4 aromatic rings. The number of H-pyrrole nitrogens is 1. The Morgan fingerprint density at radius 3 is 2.15 bits per heavy atom. The highest BCUT2D eigenvalue weighted by atomic mass is 16.5. The van der Waals surface area contributed by atoms with Crippen molar-refractivity contribution in [3.05, 3.63) is 83.6 Å². The number of fused-ring (bicyclic) bond motifs is 3. The molecule has 0 radical (unpaired) electrons. The van der Waals surface area contributed by atoms with Crippen molar-refractivity contribution < 1.29 is 23.8 Å². The number of nitrogens with one attached hydrogen (secondary N) is 1. The third kappa shape index (κ3) is 3.85. The molecular formula is C27H24N2O5. The molecule has 0 saturated heterocycles. The summed E-state index contributed by atoms with van der Waals surface area (Å²) in [7, 11) is 3.11. The van der Waals surface area contributed by atoms with E-state index in [2.05, 4.69) is 4.98 Å². The van der Waals surface area contributed by atoms with E-state index >= 15 is 0 Å². The fraction of sp³-hybridized carbons (Fsp3) is 0.185. The number of benzene rings is 3. The van der Waals surface area contributed by atoms with Crippen LogP contribution in [0.4, 0.5) is 11.4 Å². The molecule has 0 saturated carbocycles. The van der Waals surface area contributed by atoms with Crippen LogP contribution in [0.5, 0.6) is 11.5 Å². The van der Waals surface area contributed by atoms with Gasteiger partial charge in [-0.25, -0.2) is 4.79 Å². The molecule has 0 spiro atoms. The molecule has 1 amide bonds. The number of carbonyl (C=O) groups excluding carboxylic acids is 2. The molecule has 1 aromatic heterocycles. The highest BCUT2D eigenvalue weighted by Gasteiger charge is 2.26. The summed E-state index contributed by atoms with van der Waals surface area (Å²) in [5, 5.41) is 0.741. The number of hydrogen-bond donors (Lipinski definition) is 1. The molecule has 1 aliphatic rings. The van der Waals surface area contributed by atoms with E-state index < -0.39 is 12.6 Å². The monoisotopic (exact) mass is 456 g/mol. The van der Waals surface area contributed by atoms with Crippen LogP contribution < -0.4 is 14.4 Å². The normalized spacial score (nSPS) is 12.5. The van der Waals surface area contributed by atoms with E-state index in [4.69, 9.17) is 14.2 Å². The molecule has 0 aliphatic carbocycles. The van der Waals surface area contributed by atoms with Crippen molar-refractivity contribution in [1.29, 1.82) is 0 Å². The number of anilines is 2. The van der Waals surface area contributed by atoms with Crippen molar-refractivity contribution in [1.82, 2.24) is 4.98 Å². The zero-order chi connectivity index (χ0) is 23.7. The van der Waals surface area contributed by atoms with Gasteiger partial charge in [-0.05, 0) is 48.2 Å². The number of nitrogens with zero attached hydrogens (tertiary/aromatic N) is 1. The van der Waals surface area contributed by atoms with Gasteiger partial charge >= 0.3 is 5.97 Å². The highest BCUT2D eigenvalue weighted by molar-refractivity contribution is 6.04. The number of aromatic nitrogens is 1. The topological polar surface area (TPSA) is 80.9 Å². The molecule has 0 atom stereocenters. The van der Waals surface area contributed by atoms with Crippen LogP contribution in [0.2, 0.25) is 0 Å². The van der Waals surface area contributed by atoms with Crippen LogP contribution in [0.15, 0.2) is 66.7 Å². The number of hydrogen-bond acceptors (Lipinski definition) is 5. The van der Waals surface area contributed by atoms with Gasteiger partial charge in [0.15, 0.2) is 6.61 Å². The van der Waals surface area contributed by atoms with E-state index in [0.717, 1.165) is 40.7 Å². The van der Waals surface area contributed by atoms with Crippen molar-refractivity contribution in [2.24, 2.45) is 0 Å². The van der Waals surface area contributed by atoms with Crippen LogP contribution in [-0.4, -0.2) is 37.7 Å². The molecule has 7 heteroatoms. The number of esters is 1. The van der Waals surface area contributed by atoms with Crippen LogP contribution >= 0.6 is 0 Å². The Morgan fingerprint density at radius 2 is 1.53 bits per heavy atom. The Kier molecular flexibility index (Phi) is 5.67. The van der Waals surface area contributed by atoms with Crippen LogP contribution in [0.3, 0.4) is 0 Å². The number of aryl methyl sites for hydroxylation is 2. The van der Waals surface area contributed by atoms with Gasteiger partial charge in [-0.2, -0.15) is 0 Å². The van der Waals surface area contributed by atoms with Gasteiger partial charge in [0.1, 0.15) is 17.2 Å². The summed E-state index contributed by atoms with van der Waals surface area (Å²) >= 11 is 0. The highest BCUT2D eigenvalue weighted by Crippen LogP contribution is 2.36. The zero-order valence-electron chi connectivity index (χ0n) is 19.0. The van der Waals surface area contributed by atoms with Gasteiger partial charge in [-0.1, -0.05) is 36.4 Å². The number of rotatable bonds is 5. The van der Waals surface area contributed by atoms with Crippen molar-refractivity contribution in [2.75, 3.05) is 25.7 Å². The lowest BCUT2D eigenvalue weighted by atomic mass is 10.0. The Morgan fingerprint density at radius 1 is 0.882 bits per heavy atom. The van der Waals surface area contributed by atoms with E-state index in [0.29, 0.717) is 17.0 Å². The molecule has 1 aliphatic heterocycles. The third-order valence-corrected chi connectivity index (χ3v) is 6.05. The minimum absolute atomic E-state index is 0.228. The number of para-hydroxylation sites is 2. The molecule has 5 rings (SSSR count). The van der Waals surface area contributed by atoms with Gasteiger partial charge in [0, 0.05) is 11.5 Å². The van der Waals surface area contributed by atoms with Gasteiger partial charge in [0.05, 0.1) is 31.1 Å². The lowest BCUT2D eigenvalue weighted by molar-refractivity contribution is -0.121. The first-order chi connectivity index (χ1) is 16.6. The zero-order valence-corrected chi connectivity index (χ0v) is 19.0. The molecule has 34 heavy (non-hydrogen) atoms. The molecule has 3 aromatic carbocycles. The first kappa shape index (κ1) is 21.6. The van der Waals surface area contributed by atoms with Crippen LogP contribution in [-0.2, 0) is 22.4 Å². The van der Waals surface area contributed by atoms with E-state index in [1.54, 1.807) is 37.3 Å². The number of aromatic amines is 1. The van der Waals surface area contributed by atoms with Crippen LogP contribution in [0, 0.1) is 0 Å². The predicted molar refractivity (Wildman–Crippen MR) is 129 cm³/mol. The average Bonchev–Trinajstić information content (AvgIpc) is 3.23. The summed E-state index contributed by atoms with van der Waals surface area (Å²) in [6.07, 6.45) is 1.66. The lowest BCUT2D eigenvalue weighted by Crippen LogP contribution is -2.31. The van der Waals surface area contributed by atoms with Gasteiger partial charge in [-0.15, -0.1) is 0 Å². The molecule has 0 bridgehead atoms. The van der Waals surface area contributed by atoms with Crippen LogP contribution in [0.25, 0.3) is 10.9 Å². The quantitative estimate of drug-likeness (QED) is 0.436. The number of amides is 1. The Labute approximate surface area is 196 Å². The SMILES string of the molecule is COc1cc(OC)c2[nH]c(C(=O)OCC(=O)N3c4ccccc4CCc4ccccc43)cc2c1. The van der Waals surface area contributed by atoms with E-state index in [-0.39, 0.29) is 11.6 Å². The van der Waals surface area contributed by atoms with Crippen molar-refractivity contribution in [2.45, 2.75) is 12.8 Å². The van der Waals surface area contributed by atoms with Gasteiger partial charge in [0.2, 0.25) is 0 Å². The minimum atomic E-state index is -0.623. The fourth-order valence-corrected chi connectivity index (χ4v) is 4.39. The first-order valence-corrected chi connectivity index (χ1v) is 11.0. The summed E-state index contributed by atoms with van der Waals surface area (Å²) < 4.78 is 16.1. The molecule has 172 valence electrons. The summed E-state index contributed by atoms with van der Waals surface area (Å²) in [4.78, 5) is 30.9. The molecule has 0 unspecified atom stereocenters. The maximum Gasteiger partial charge on any atom is 0.355 e. The maximum absolute atomic E-state index is 13.4.